The number of carbonyl (C=O) groups is 4. The number of nitrogens with zero attached hydrogens (tertiary/aromatic N) is 3. The summed E-state index contributed by atoms with van der Waals surface area (Å²) in [5, 5.41) is 3.53. The highest BCUT2D eigenvalue weighted by Crippen LogP contribution is 2.55. The van der Waals surface area contributed by atoms with Crippen molar-refractivity contribution in [1.29, 1.82) is 0 Å². The van der Waals surface area contributed by atoms with E-state index in [0.717, 1.165) is 5.56 Å². The van der Waals surface area contributed by atoms with Crippen LogP contribution in [0.25, 0.3) is 0 Å². The molecule has 0 aliphatic carbocycles. The number of benzene rings is 2. The van der Waals surface area contributed by atoms with Crippen LogP contribution in [0.1, 0.15) is 45.2 Å². The molecule has 1 N–H and O–H groups in total. The summed E-state index contributed by atoms with van der Waals surface area (Å²) in [7, 11) is 0. The van der Waals surface area contributed by atoms with Crippen molar-refractivity contribution in [3.05, 3.63) is 65.7 Å². The summed E-state index contributed by atoms with van der Waals surface area (Å²) in [5.74, 6) is -2.31. The van der Waals surface area contributed by atoms with E-state index in [1.54, 1.807) is 4.90 Å². The second-order valence-electron chi connectivity index (χ2n) is 10.9. The van der Waals surface area contributed by atoms with Crippen LogP contribution in [0.15, 0.2) is 54.6 Å². The van der Waals surface area contributed by atoms with E-state index in [0.29, 0.717) is 30.8 Å². The second-order valence-corrected chi connectivity index (χ2v) is 10.9. The number of likely N-dealkylation sites (tertiary alicyclic amines) is 1. The molecule has 2 aromatic rings. The van der Waals surface area contributed by atoms with Crippen LogP contribution in [-0.2, 0) is 31.3 Å². The fraction of sp³-hybridized carbons (Fsp3) is 0.467. The maximum Gasteiger partial charge on any atom is 0.253 e. The standard InChI is InChI=1S/C30H36N4O4/c1-5-32(6-2)24(35)18-33-23-15-11-10-14-21(23)30(29(33)38)26-25(22(31-30)16-19(3)4)27(36)34(28(26)37)17-20-12-8-7-9-13-20/h7-15,19,22,25-26,31H,5-6,16-18H2,1-4H3/t22-,25+,26+,30+/m1/s1. The third-order valence-electron chi connectivity index (χ3n) is 8.28. The highest BCUT2D eigenvalue weighted by atomic mass is 16.2. The smallest absolute Gasteiger partial charge is 0.253 e. The van der Waals surface area contributed by atoms with Crippen molar-refractivity contribution >= 4 is 29.3 Å². The Labute approximate surface area is 224 Å². The fourth-order valence-electron chi connectivity index (χ4n) is 6.61. The molecule has 8 heteroatoms. The molecule has 0 unspecified atom stereocenters. The summed E-state index contributed by atoms with van der Waals surface area (Å²) >= 11 is 0. The Balaban J connectivity index is 1.58. The third-order valence-corrected chi connectivity index (χ3v) is 8.28. The fourth-order valence-corrected chi connectivity index (χ4v) is 6.61. The van der Waals surface area contributed by atoms with Crippen LogP contribution in [0.4, 0.5) is 5.69 Å². The quantitative estimate of drug-likeness (QED) is 0.545. The van der Waals surface area contributed by atoms with E-state index in [1.165, 1.54) is 9.80 Å². The zero-order valence-electron chi connectivity index (χ0n) is 22.5. The van der Waals surface area contributed by atoms with Crippen LogP contribution in [0.3, 0.4) is 0 Å². The highest BCUT2D eigenvalue weighted by Gasteiger charge is 2.71. The number of nitrogens with one attached hydrogen (secondary N) is 1. The number of hydrogen-bond acceptors (Lipinski definition) is 5. The van der Waals surface area contributed by atoms with Gasteiger partial charge < -0.3 is 9.80 Å². The summed E-state index contributed by atoms with van der Waals surface area (Å²) < 4.78 is 0. The number of fused-ring (bicyclic) bond motifs is 4. The van der Waals surface area contributed by atoms with Crippen molar-refractivity contribution in [2.24, 2.45) is 17.8 Å². The van der Waals surface area contributed by atoms with Crippen LogP contribution in [0, 0.1) is 17.8 Å². The van der Waals surface area contributed by atoms with Crippen molar-refractivity contribution in [2.45, 2.75) is 52.2 Å². The molecule has 4 atom stereocenters. The number of carbonyl (C=O) groups excluding carboxylic acids is 4. The van der Waals surface area contributed by atoms with Gasteiger partial charge >= 0.3 is 0 Å². The van der Waals surface area contributed by atoms with Gasteiger partial charge in [-0.3, -0.25) is 29.4 Å². The Morgan fingerprint density at radius 1 is 0.947 bits per heavy atom. The summed E-state index contributed by atoms with van der Waals surface area (Å²) in [6.45, 7) is 9.13. The molecule has 5 rings (SSSR count). The first-order chi connectivity index (χ1) is 18.2. The maximum absolute atomic E-state index is 14.4. The lowest BCUT2D eigenvalue weighted by atomic mass is 9.76. The van der Waals surface area contributed by atoms with Gasteiger partial charge in [-0.25, -0.2) is 0 Å². The molecular weight excluding hydrogens is 480 g/mol. The minimum Gasteiger partial charge on any atom is -0.342 e. The number of imide groups is 1. The number of likely N-dealkylation sites (N-methyl/N-ethyl adjacent to an activating group) is 1. The van der Waals surface area contributed by atoms with Crippen molar-refractivity contribution < 1.29 is 19.2 Å². The van der Waals surface area contributed by atoms with E-state index in [9.17, 15) is 19.2 Å². The monoisotopic (exact) mass is 516 g/mol. The molecule has 4 amide bonds. The molecule has 0 bridgehead atoms. The molecule has 3 aliphatic heterocycles. The van der Waals surface area contributed by atoms with Crippen molar-refractivity contribution in [3.8, 4) is 0 Å². The van der Waals surface area contributed by atoms with E-state index >= 15 is 0 Å². The largest absolute Gasteiger partial charge is 0.342 e. The van der Waals surface area contributed by atoms with Gasteiger partial charge in [-0.05, 0) is 37.8 Å². The molecule has 0 saturated carbocycles. The van der Waals surface area contributed by atoms with Crippen LogP contribution in [-0.4, -0.2) is 59.1 Å². The van der Waals surface area contributed by atoms with E-state index in [-0.39, 0.29) is 48.7 Å². The van der Waals surface area contributed by atoms with Gasteiger partial charge in [-0.15, -0.1) is 0 Å². The van der Waals surface area contributed by atoms with Gasteiger partial charge in [0.25, 0.3) is 5.91 Å². The average molecular weight is 517 g/mol. The van der Waals surface area contributed by atoms with E-state index in [4.69, 9.17) is 0 Å². The number of anilines is 1. The first-order valence-electron chi connectivity index (χ1n) is 13.6. The molecule has 2 aromatic carbocycles. The summed E-state index contributed by atoms with van der Waals surface area (Å²) in [4.78, 5) is 60.0. The van der Waals surface area contributed by atoms with Gasteiger partial charge in [0.15, 0.2) is 0 Å². The minimum atomic E-state index is -1.39. The Bertz CT molecular complexity index is 1260. The number of hydrogen-bond donors (Lipinski definition) is 1. The van der Waals surface area contributed by atoms with Crippen molar-refractivity contribution in [3.63, 3.8) is 0 Å². The summed E-state index contributed by atoms with van der Waals surface area (Å²) in [5.41, 5.74) is 0.765. The lowest BCUT2D eigenvalue weighted by Crippen LogP contribution is -2.56. The van der Waals surface area contributed by atoms with Gasteiger partial charge in [0.1, 0.15) is 12.1 Å². The first kappa shape index (κ1) is 26.1. The molecule has 200 valence electrons. The Hall–Kier alpha value is -3.52. The molecule has 3 aliphatic rings. The lowest BCUT2D eigenvalue weighted by molar-refractivity contribution is -0.143. The molecule has 1 spiro atoms. The topological polar surface area (TPSA) is 90.0 Å². The number of rotatable bonds is 8. The molecule has 8 nitrogen and oxygen atoms in total. The molecular formula is C30H36N4O4. The second kappa shape index (κ2) is 9.98. The van der Waals surface area contributed by atoms with Gasteiger partial charge in [-0.1, -0.05) is 62.4 Å². The van der Waals surface area contributed by atoms with Crippen LogP contribution in [0.2, 0.25) is 0 Å². The first-order valence-corrected chi connectivity index (χ1v) is 13.6. The Morgan fingerprint density at radius 2 is 1.61 bits per heavy atom. The lowest BCUT2D eigenvalue weighted by Gasteiger charge is -2.31. The molecule has 2 saturated heterocycles. The van der Waals surface area contributed by atoms with E-state index < -0.39 is 17.4 Å². The number of amides is 4. The Morgan fingerprint density at radius 3 is 2.26 bits per heavy atom. The SMILES string of the molecule is CCN(CC)C(=O)CN1C(=O)[C@]2(N[C@H](CC(C)C)[C@@H]3C(=O)N(Cc4ccccc4)C(=O)[C@H]32)c2ccccc21. The Kier molecular flexibility index (Phi) is 6.86. The molecule has 2 fully saturated rings. The minimum absolute atomic E-state index is 0.108. The third kappa shape index (κ3) is 3.93. The number of para-hydroxylation sites is 1. The zero-order chi connectivity index (χ0) is 27.2. The molecule has 0 aromatic heterocycles. The van der Waals surface area contributed by atoms with E-state index in [2.05, 4.69) is 19.2 Å². The predicted octanol–water partition coefficient (Wildman–Crippen LogP) is 2.92. The van der Waals surface area contributed by atoms with Gasteiger partial charge in [0, 0.05) is 30.4 Å². The summed E-state index contributed by atoms with van der Waals surface area (Å²) in [6.07, 6.45) is 0.648. The molecule has 0 radical (unpaired) electrons. The van der Waals surface area contributed by atoms with Crippen molar-refractivity contribution in [1.82, 2.24) is 15.1 Å². The van der Waals surface area contributed by atoms with Crippen LogP contribution >= 0.6 is 0 Å². The highest BCUT2D eigenvalue weighted by molar-refractivity contribution is 6.17. The molecule has 3 heterocycles. The van der Waals surface area contributed by atoms with Gasteiger partial charge in [-0.2, -0.15) is 0 Å². The predicted molar refractivity (Wildman–Crippen MR) is 144 cm³/mol. The average Bonchev–Trinajstić information content (AvgIpc) is 3.45. The van der Waals surface area contributed by atoms with Crippen LogP contribution < -0.4 is 10.2 Å². The zero-order valence-corrected chi connectivity index (χ0v) is 22.5. The van der Waals surface area contributed by atoms with Gasteiger partial charge in [0.2, 0.25) is 17.7 Å². The van der Waals surface area contributed by atoms with Gasteiger partial charge in [0.05, 0.1) is 18.4 Å². The normalized spacial score (nSPS) is 26.0. The molecule has 38 heavy (non-hydrogen) atoms. The maximum atomic E-state index is 14.4. The van der Waals surface area contributed by atoms with E-state index in [1.807, 2.05) is 68.4 Å². The summed E-state index contributed by atoms with van der Waals surface area (Å²) in [6, 6.07) is 16.5. The van der Waals surface area contributed by atoms with Crippen molar-refractivity contribution in [2.75, 3.05) is 24.5 Å². The van der Waals surface area contributed by atoms with Crippen LogP contribution in [0.5, 0.6) is 0 Å².